The predicted molar refractivity (Wildman–Crippen MR) is 49.7 cm³/mol. The van der Waals surface area contributed by atoms with Gasteiger partial charge in [-0.05, 0) is 6.42 Å². The van der Waals surface area contributed by atoms with Crippen molar-refractivity contribution in [3.63, 3.8) is 0 Å². The van der Waals surface area contributed by atoms with Crippen molar-refractivity contribution in [3.8, 4) is 0 Å². The first-order valence-corrected chi connectivity index (χ1v) is 4.59. The van der Waals surface area contributed by atoms with Crippen molar-refractivity contribution in [2.24, 2.45) is 0 Å². The van der Waals surface area contributed by atoms with E-state index in [0.717, 1.165) is 19.3 Å². The number of carbonyl (C=O) groups is 1. The van der Waals surface area contributed by atoms with Crippen LogP contribution in [-0.2, 0) is 9.53 Å². The van der Waals surface area contributed by atoms with Crippen LogP contribution in [0.2, 0.25) is 0 Å². The summed E-state index contributed by atoms with van der Waals surface area (Å²) in [4.78, 5) is 11.0. The molecule has 0 aromatic heterocycles. The molecule has 2 heteroatoms. The fraction of sp³-hybridized carbons (Fsp3) is 0.700. The highest BCUT2D eigenvalue weighted by molar-refractivity contribution is 5.70. The summed E-state index contributed by atoms with van der Waals surface area (Å²) in [7, 11) is 0. The monoisotopic (exact) mass is 170 g/mol. The number of carbonyl (C=O) groups excluding carboxylic acids is 1. The van der Waals surface area contributed by atoms with E-state index < -0.39 is 0 Å². The number of rotatable bonds is 6. The molecule has 12 heavy (non-hydrogen) atoms. The highest BCUT2D eigenvalue weighted by Crippen LogP contribution is 2.05. The molecule has 0 rings (SSSR count). The van der Waals surface area contributed by atoms with Gasteiger partial charge in [-0.25, -0.2) is 0 Å². The largest absolute Gasteiger partial charge is 0.432 e. The second-order valence-electron chi connectivity index (χ2n) is 2.82. The second-order valence-corrected chi connectivity index (χ2v) is 2.82. The molecule has 0 aromatic carbocycles. The van der Waals surface area contributed by atoms with Crippen molar-refractivity contribution in [2.75, 3.05) is 0 Å². The van der Waals surface area contributed by atoms with Crippen LogP contribution >= 0.6 is 0 Å². The van der Waals surface area contributed by atoms with Gasteiger partial charge < -0.3 is 4.74 Å². The van der Waals surface area contributed by atoms with Gasteiger partial charge in [0.1, 0.15) is 5.76 Å². The fourth-order valence-corrected chi connectivity index (χ4v) is 0.804. The van der Waals surface area contributed by atoms with Gasteiger partial charge in [-0.15, -0.1) is 0 Å². The molecular formula is C10H18O2. The first-order chi connectivity index (χ1) is 5.70. The number of allylic oxidation sites excluding steroid dienone is 1. The highest BCUT2D eigenvalue weighted by atomic mass is 16.5. The molecular weight excluding hydrogens is 152 g/mol. The van der Waals surface area contributed by atoms with Crippen molar-refractivity contribution < 1.29 is 9.53 Å². The average molecular weight is 170 g/mol. The topological polar surface area (TPSA) is 26.3 Å². The van der Waals surface area contributed by atoms with E-state index in [-0.39, 0.29) is 5.97 Å². The summed E-state index contributed by atoms with van der Waals surface area (Å²) < 4.78 is 4.91. The lowest BCUT2D eigenvalue weighted by Crippen LogP contribution is -2.02. The maximum atomic E-state index is 11.0. The summed E-state index contributed by atoms with van der Waals surface area (Å²) in [6.45, 7) is 7.62. The van der Waals surface area contributed by atoms with Crippen LogP contribution in [-0.4, -0.2) is 5.97 Å². The molecule has 0 saturated heterocycles. The van der Waals surface area contributed by atoms with Crippen LogP contribution in [0.5, 0.6) is 0 Å². The van der Waals surface area contributed by atoms with Crippen molar-refractivity contribution in [3.05, 3.63) is 12.3 Å². The number of hydrogen-bond acceptors (Lipinski definition) is 2. The predicted octanol–water partition coefficient (Wildman–Crippen LogP) is 3.03. The van der Waals surface area contributed by atoms with Crippen molar-refractivity contribution in [1.29, 1.82) is 0 Å². The van der Waals surface area contributed by atoms with E-state index in [4.69, 9.17) is 4.74 Å². The lowest BCUT2D eigenvalue weighted by Gasteiger charge is -2.03. The first-order valence-electron chi connectivity index (χ1n) is 4.59. The van der Waals surface area contributed by atoms with E-state index in [2.05, 4.69) is 13.5 Å². The second kappa shape index (κ2) is 6.89. The van der Waals surface area contributed by atoms with Crippen molar-refractivity contribution >= 4 is 5.97 Å². The van der Waals surface area contributed by atoms with Crippen LogP contribution in [0.3, 0.4) is 0 Å². The average Bonchev–Trinajstić information content (AvgIpc) is 2.05. The molecule has 0 unspecified atom stereocenters. The molecule has 0 bridgehead atoms. The molecule has 0 N–H and O–H groups in total. The van der Waals surface area contributed by atoms with Crippen LogP contribution in [0.1, 0.15) is 46.0 Å². The summed E-state index contributed by atoms with van der Waals surface area (Å²) in [6.07, 6.45) is 4.37. The molecule has 0 aliphatic carbocycles. The first kappa shape index (κ1) is 11.2. The van der Waals surface area contributed by atoms with Gasteiger partial charge in [-0.1, -0.05) is 33.3 Å². The van der Waals surface area contributed by atoms with Crippen molar-refractivity contribution in [2.45, 2.75) is 46.0 Å². The van der Waals surface area contributed by atoms with Gasteiger partial charge in [0, 0.05) is 12.8 Å². The van der Waals surface area contributed by atoms with Gasteiger partial charge in [0.2, 0.25) is 0 Å². The molecule has 0 atom stereocenters. The van der Waals surface area contributed by atoms with Gasteiger partial charge in [0.25, 0.3) is 0 Å². The van der Waals surface area contributed by atoms with Crippen LogP contribution in [0.4, 0.5) is 0 Å². The maximum Gasteiger partial charge on any atom is 0.310 e. The summed E-state index contributed by atoms with van der Waals surface area (Å²) in [5.74, 6) is 0.423. The Balaban J connectivity index is 3.40. The van der Waals surface area contributed by atoms with Crippen LogP contribution < -0.4 is 0 Å². The molecule has 0 spiro atoms. The lowest BCUT2D eigenvalue weighted by molar-refractivity contribution is -0.139. The SMILES string of the molecule is C=C(CC)OC(=O)CCCCC. The van der Waals surface area contributed by atoms with Crippen LogP contribution in [0.25, 0.3) is 0 Å². The van der Waals surface area contributed by atoms with E-state index in [1.165, 1.54) is 0 Å². The van der Waals surface area contributed by atoms with E-state index in [1.807, 2.05) is 6.92 Å². The van der Waals surface area contributed by atoms with Gasteiger partial charge >= 0.3 is 5.97 Å². The van der Waals surface area contributed by atoms with Gasteiger partial charge in [0.05, 0.1) is 0 Å². The number of ether oxygens (including phenoxy) is 1. The Morgan fingerprint density at radius 3 is 2.50 bits per heavy atom. The minimum Gasteiger partial charge on any atom is -0.432 e. The zero-order valence-corrected chi connectivity index (χ0v) is 8.06. The third-order valence-electron chi connectivity index (χ3n) is 1.64. The Morgan fingerprint density at radius 1 is 1.33 bits per heavy atom. The molecule has 0 aliphatic heterocycles. The smallest absolute Gasteiger partial charge is 0.310 e. The summed E-state index contributed by atoms with van der Waals surface area (Å²) >= 11 is 0. The quantitative estimate of drug-likeness (QED) is 0.348. The van der Waals surface area contributed by atoms with Crippen LogP contribution in [0, 0.1) is 0 Å². The number of unbranched alkanes of at least 4 members (excludes halogenated alkanes) is 2. The fourth-order valence-electron chi connectivity index (χ4n) is 0.804. The van der Waals surface area contributed by atoms with E-state index in [0.29, 0.717) is 18.6 Å². The summed E-state index contributed by atoms with van der Waals surface area (Å²) in [5, 5.41) is 0. The minimum absolute atomic E-state index is 0.143. The van der Waals surface area contributed by atoms with Gasteiger partial charge in [-0.2, -0.15) is 0 Å². The molecule has 2 nitrogen and oxygen atoms in total. The van der Waals surface area contributed by atoms with Gasteiger partial charge in [-0.3, -0.25) is 4.79 Å². The molecule has 0 saturated carbocycles. The molecule has 0 heterocycles. The molecule has 70 valence electrons. The number of hydrogen-bond donors (Lipinski definition) is 0. The zero-order chi connectivity index (χ0) is 9.40. The standard InChI is InChI=1S/C10H18O2/c1-4-6-7-8-10(11)12-9(3)5-2/h3-8H2,1-2H3. The normalized spacial score (nSPS) is 9.50. The van der Waals surface area contributed by atoms with Crippen molar-refractivity contribution in [1.82, 2.24) is 0 Å². The van der Waals surface area contributed by atoms with E-state index in [1.54, 1.807) is 0 Å². The summed E-state index contributed by atoms with van der Waals surface area (Å²) in [6, 6.07) is 0. The third kappa shape index (κ3) is 5.96. The zero-order valence-electron chi connectivity index (χ0n) is 8.06. The highest BCUT2D eigenvalue weighted by Gasteiger charge is 2.02. The Labute approximate surface area is 74.6 Å². The minimum atomic E-state index is -0.143. The Morgan fingerprint density at radius 2 is 2.00 bits per heavy atom. The molecule has 0 aliphatic rings. The summed E-state index contributed by atoms with van der Waals surface area (Å²) in [5.41, 5.74) is 0. The molecule has 0 fully saturated rings. The Bertz CT molecular complexity index is 150. The van der Waals surface area contributed by atoms with Crippen LogP contribution in [0.15, 0.2) is 12.3 Å². The maximum absolute atomic E-state index is 11.0. The molecule has 0 aromatic rings. The molecule has 0 radical (unpaired) electrons. The number of esters is 1. The van der Waals surface area contributed by atoms with Gasteiger partial charge in [0.15, 0.2) is 0 Å². The third-order valence-corrected chi connectivity index (χ3v) is 1.64. The lowest BCUT2D eigenvalue weighted by atomic mass is 10.2. The molecule has 0 amide bonds. The Kier molecular flexibility index (Phi) is 6.44. The Hall–Kier alpha value is -0.790. The van der Waals surface area contributed by atoms with E-state index in [9.17, 15) is 4.79 Å². The van der Waals surface area contributed by atoms with E-state index >= 15 is 0 Å².